The Morgan fingerprint density at radius 3 is 2.59 bits per heavy atom. The van der Waals surface area contributed by atoms with Crippen LogP contribution in [0.1, 0.15) is 19.4 Å². The van der Waals surface area contributed by atoms with Gasteiger partial charge in [0.05, 0.1) is 17.4 Å². The lowest BCUT2D eigenvalue weighted by Gasteiger charge is -2.15. The third kappa shape index (κ3) is 4.20. The first-order valence-corrected chi connectivity index (χ1v) is 6.73. The lowest BCUT2D eigenvalue weighted by molar-refractivity contribution is -0.136. The van der Waals surface area contributed by atoms with Gasteiger partial charge in [-0.15, -0.1) is 5.10 Å². The van der Waals surface area contributed by atoms with Gasteiger partial charge in [0.1, 0.15) is 0 Å². The number of nitrogens with zero attached hydrogens (tertiary/aromatic N) is 3. The molecular weight excluding hydrogens is 319 g/mol. The van der Waals surface area contributed by atoms with Crippen LogP contribution in [-0.2, 0) is 6.18 Å². The van der Waals surface area contributed by atoms with E-state index >= 15 is 0 Å². The molecule has 0 unspecified atom stereocenters. The summed E-state index contributed by atoms with van der Waals surface area (Å²) in [5.41, 5.74) is -1.04. The molecule has 0 saturated heterocycles. The zero-order valence-corrected chi connectivity index (χ0v) is 12.5. The number of hydrogen-bond acceptors (Lipinski definition) is 5. The maximum Gasteiger partial charge on any atom is 0.418 e. The van der Waals surface area contributed by atoms with E-state index in [2.05, 4.69) is 25.8 Å². The fourth-order valence-corrected chi connectivity index (χ4v) is 1.85. The highest BCUT2D eigenvalue weighted by Gasteiger charge is 2.34. The zero-order valence-electron chi connectivity index (χ0n) is 11.7. The highest BCUT2D eigenvalue weighted by atomic mass is 35.5. The van der Waals surface area contributed by atoms with Gasteiger partial charge in [-0.05, 0) is 32.0 Å². The molecule has 22 heavy (non-hydrogen) atoms. The Labute approximate surface area is 129 Å². The molecule has 1 aromatic heterocycles. The molecule has 0 radical (unpaired) electrons. The number of nitrogens with one attached hydrogen (secondary N) is 2. The second kappa shape index (κ2) is 6.35. The maximum absolute atomic E-state index is 13.0. The minimum absolute atomic E-state index is 0.000788. The summed E-state index contributed by atoms with van der Waals surface area (Å²) in [5, 5.41) is 13.0. The van der Waals surface area contributed by atoms with E-state index in [1.165, 1.54) is 18.3 Å². The molecule has 2 N–H and O–H groups in total. The van der Waals surface area contributed by atoms with Crippen molar-refractivity contribution in [3.63, 3.8) is 0 Å². The third-order valence-electron chi connectivity index (χ3n) is 2.53. The molecule has 0 amide bonds. The molecule has 0 fully saturated rings. The summed E-state index contributed by atoms with van der Waals surface area (Å²) in [6.07, 6.45) is -3.30. The molecule has 0 saturated carbocycles. The van der Waals surface area contributed by atoms with Crippen molar-refractivity contribution >= 4 is 29.1 Å². The molecule has 1 aromatic carbocycles. The van der Waals surface area contributed by atoms with E-state index in [0.29, 0.717) is 0 Å². The van der Waals surface area contributed by atoms with E-state index < -0.39 is 11.7 Å². The van der Waals surface area contributed by atoms with Gasteiger partial charge in [-0.3, -0.25) is 0 Å². The summed E-state index contributed by atoms with van der Waals surface area (Å²) < 4.78 is 39.1. The fraction of sp³-hybridized carbons (Fsp3) is 0.308. The van der Waals surface area contributed by atoms with Crippen molar-refractivity contribution in [1.29, 1.82) is 0 Å². The normalized spacial score (nSPS) is 11.6. The van der Waals surface area contributed by atoms with Gasteiger partial charge in [0.15, 0.2) is 5.82 Å². The Hall–Kier alpha value is -2.09. The van der Waals surface area contributed by atoms with Crippen LogP contribution in [0.3, 0.4) is 0 Å². The quantitative estimate of drug-likeness (QED) is 0.883. The van der Waals surface area contributed by atoms with Crippen LogP contribution in [-0.4, -0.2) is 21.2 Å². The average Bonchev–Trinajstić information content (AvgIpc) is 2.39. The summed E-state index contributed by atoms with van der Waals surface area (Å²) in [6, 6.07) is 3.52. The van der Waals surface area contributed by atoms with E-state index in [-0.39, 0.29) is 28.5 Å². The van der Waals surface area contributed by atoms with E-state index in [4.69, 9.17) is 11.6 Å². The van der Waals surface area contributed by atoms with E-state index in [9.17, 15) is 13.2 Å². The van der Waals surface area contributed by atoms with Crippen LogP contribution in [0, 0.1) is 0 Å². The average molecular weight is 332 g/mol. The Kier molecular flexibility index (Phi) is 4.70. The molecule has 0 spiro atoms. The van der Waals surface area contributed by atoms with Crippen LogP contribution in [0.2, 0.25) is 5.02 Å². The predicted molar refractivity (Wildman–Crippen MR) is 78.3 cm³/mol. The van der Waals surface area contributed by atoms with Crippen LogP contribution < -0.4 is 10.6 Å². The van der Waals surface area contributed by atoms with Crippen molar-refractivity contribution in [1.82, 2.24) is 15.2 Å². The first kappa shape index (κ1) is 16.3. The van der Waals surface area contributed by atoms with Gasteiger partial charge in [-0.2, -0.15) is 23.3 Å². The number of hydrogen-bond donors (Lipinski definition) is 2. The van der Waals surface area contributed by atoms with Gasteiger partial charge < -0.3 is 10.6 Å². The van der Waals surface area contributed by atoms with Crippen LogP contribution in [0.5, 0.6) is 0 Å². The Morgan fingerprint density at radius 1 is 1.23 bits per heavy atom. The number of aromatic nitrogens is 3. The monoisotopic (exact) mass is 331 g/mol. The molecule has 0 bridgehead atoms. The lowest BCUT2D eigenvalue weighted by Crippen LogP contribution is -2.14. The Morgan fingerprint density at radius 2 is 1.95 bits per heavy atom. The standard InChI is InChI=1S/C13H13ClF3N5/c1-7(2)19-12-21-11(6-18-22-12)20-10-4-3-8(14)5-9(10)13(15,16)17/h3-7H,1-2H3,(H2,19,20,21,22). The van der Waals surface area contributed by atoms with Crippen molar-refractivity contribution in [3.05, 3.63) is 35.0 Å². The van der Waals surface area contributed by atoms with Crippen molar-refractivity contribution in [2.75, 3.05) is 10.6 Å². The van der Waals surface area contributed by atoms with Crippen molar-refractivity contribution in [2.45, 2.75) is 26.1 Å². The second-order valence-corrected chi connectivity index (χ2v) is 5.21. The van der Waals surface area contributed by atoms with E-state index in [1.807, 2.05) is 13.8 Å². The zero-order chi connectivity index (χ0) is 16.3. The first-order chi connectivity index (χ1) is 10.3. The topological polar surface area (TPSA) is 62.7 Å². The molecular formula is C13H13ClF3N5. The van der Waals surface area contributed by atoms with Crippen molar-refractivity contribution < 1.29 is 13.2 Å². The SMILES string of the molecule is CC(C)Nc1nncc(Nc2ccc(Cl)cc2C(F)(F)F)n1. The van der Waals surface area contributed by atoms with Crippen LogP contribution in [0.15, 0.2) is 24.4 Å². The largest absolute Gasteiger partial charge is 0.418 e. The van der Waals surface area contributed by atoms with Crippen LogP contribution in [0.4, 0.5) is 30.6 Å². The summed E-state index contributed by atoms with van der Waals surface area (Å²) in [7, 11) is 0. The minimum Gasteiger partial charge on any atom is -0.351 e. The van der Waals surface area contributed by atoms with Gasteiger partial charge in [-0.1, -0.05) is 11.6 Å². The molecule has 5 nitrogen and oxygen atoms in total. The summed E-state index contributed by atoms with van der Waals surface area (Å²) in [5.74, 6) is 0.369. The minimum atomic E-state index is -4.54. The third-order valence-corrected chi connectivity index (χ3v) is 2.76. The van der Waals surface area contributed by atoms with Crippen molar-refractivity contribution in [2.24, 2.45) is 0 Å². The molecule has 0 aliphatic carbocycles. The molecule has 9 heteroatoms. The highest BCUT2D eigenvalue weighted by molar-refractivity contribution is 6.30. The molecule has 0 aliphatic rings. The van der Waals surface area contributed by atoms with Crippen LogP contribution in [0.25, 0.3) is 0 Å². The molecule has 0 atom stereocenters. The number of benzene rings is 1. The number of rotatable bonds is 4. The fourth-order valence-electron chi connectivity index (χ4n) is 1.68. The molecule has 1 heterocycles. The molecule has 0 aliphatic heterocycles. The lowest BCUT2D eigenvalue weighted by atomic mass is 10.1. The van der Waals surface area contributed by atoms with E-state index in [0.717, 1.165) is 6.07 Å². The molecule has 2 rings (SSSR count). The predicted octanol–water partition coefficient (Wildman–Crippen LogP) is 4.11. The van der Waals surface area contributed by atoms with Gasteiger partial charge >= 0.3 is 6.18 Å². The van der Waals surface area contributed by atoms with Gasteiger partial charge in [-0.25, -0.2) is 0 Å². The summed E-state index contributed by atoms with van der Waals surface area (Å²) in [4.78, 5) is 4.06. The maximum atomic E-state index is 13.0. The molecule has 2 aromatic rings. The smallest absolute Gasteiger partial charge is 0.351 e. The van der Waals surface area contributed by atoms with E-state index in [1.54, 1.807) is 0 Å². The van der Waals surface area contributed by atoms with Gasteiger partial charge in [0.25, 0.3) is 0 Å². The molecule has 118 valence electrons. The Balaban J connectivity index is 2.31. The summed E-state index contributed by atoms with van der Waals surface area (Å²) >= 11 is 5.63. The van der Waals surface area contributed by atoms with Crippen molar-refractivity contribution in [3.8, 4) is 0 Å². The number of anilines is 3. The first-order valence-electron chi connectivity index (χ1n) is 6.36. The Bertz CT molecular complexity index is 660. The highest BCUT2D eigenvalue weighted by Crippen LogP contribution is 2.37. The van der Waals surface area contributed by atoms with Gasteiger partial charge in [0, 0.05) is 11.1 Å². The second-order valence-electron chi connectivity index (χ2n) is 4.78. The summed E-state index contributed by atoms with van der Waals surface area (Å²) in [6.45, 7) is 3.76. The van der Waals surface area contributed by atoms with Gasteiger partial charge in [0.2, 0.25) is 5.95 Å². The van der Waals surface area contributed by atoms with Crippen LogP contribution >= 0.6 is 11.6 Å². The number of alkyl halides is 3. The number of halogens is 4.